The van der Waals surface area contributed by atoms with E-state index in [4.69, 9.17) is 23.2 Å². The molecule has 0 bridgehead atoms. The first-order valence-electron chi connectivity index (χ1n) is 5.10. The SMILES string of the molecule is O=S1(=O)Nc2cc(Cl)cc(Cl)c2-c2ccccc21. The lowest BCUT2D eigenvalue weighted by atomic mass is 10.0. The monoisotopic (exact) mass is 299 g/mol. The first-order chi connectivity index (χ1) is 8.49. The predicted octanol–water partition coefficient (Wildman–Crippen LogP) is 3.77. The predicted molar refractivity (Wildman–Crippen MR) is 72.7 cm³/mol. The number of fused-ring (bicyclic) bond motifs is 3. The summed E-state index contributed by atoms with van der Waals surface area (Å²) in [7, 11) is -3.56. The van der Waals surface area contributed by atoms with Gasteiger partial charge in [0.2, 0.25) is 0 Å². The lowest BCUT2D eigenvalue weighted by molar-refractivity contribution is 0.601. The first kappa shape index (κ1) is 11.8. The van der Waals surface area contributed by atoms with Crippen molar-refractivity contribution in [1.29, 1.82) is 0 Å². The lowest BCUT2D eigenvalue weighted by Gasteiger charge is -2.22. The van der Waals surface area contributed by atoms with Crippen molar-refractivity contribution in [2.45, 2.75) is 4.90 Å². The molecule has 0 fully saturated rings. The van der Waals surface area contributed by atoms with Crippen molar-refractivity contribution in [1.82, 2.24) is 0 Å². The third-order valence-electron chi connectivity index (χ3n) is 2.75. The van der Waals surface area contributed by atoms with E-state index in [1.165, 1.54) is 0 Å². The minimum Gasteiger partial charge on any atom is -0.279 e. The van der Waals surface area contributed by atoms with Crippen molar-refractivity contribution in [2.75, 3.05) is 4.72 Å². The van der Waals surface area contributed by atoms with Gasteiger partial charge in [-0.05, 0) is 18.2 Å². The topological polar surface area (TPSA) is 46.2 Å². The second-order valence-corrected chi connectivity index (χ2v) is 6.41. The highest BCUT2D eigenvalue weighted by Crippen LogP contribution is 2.44. The van der Waals surface area contributed by atoms with Crippen LogP contribution >= 0.6 is 23.2 Å². The fraction of sp³-hybridized carbons (Fsp3) is 0. The zero-order valence-corrected chi connectivity index (χ0v) is 11.3. The van der Waals surface area contributed by atoms with Gasteiger partial charge in [-0.15, -0.1) is 0 Å². The summed E-state index contributed by atoms with van der Waals surface area (Å²) in [5.41, 5.74) is 1.66. The maximum atomic E-state index is 12.1. The Morgan fingerprint density at radius 3 is 2.56 bits per heavy atom. The van der Waals surface area contributed by atoms with Crippen LogP contribution in [0.4, 0.5) is 5.69 Å². The molecular weight excluding hydrogens is 293 g/mol. The zero-order chi connectivity index (χ0) is 12.9. The van der Waals surface area contributed by atoms with Gasteiger partial charge in [0.15, 0.2) is 0 Å². The normalized spacial score (nSPS) is 15.4. The number of benzene rings is 2. The van der Waals surface area contributed by atoms with Crippen LogP contribution in [0.1, 0.15) is 0 Å². The molecule has 0 amide bonds. The molecular formula is C12H7Cl2NO2S. The molecule has 6 heteroatoms. The molecule has 0 spiro atoms. The highest BCUT2D eigenvalue weighted by Gasteiger charge is 2.28. The Kier molecular flexibility index (Phi) is 2.55. The van der Waals surface area contributed by atoms with Crippen molar-refractivity contribution in [3.63, 3.8) is 0 Å². The fourth-order valence-electron chi connectivity index (χ4n) is 2.04. The number of sulfonamides is 1. The summed E-state index contributed by atoms with van der Waals surface area (Å²) in [5.74, 6) is 0. The van der Waals surface area contributed by atoms with Crippen molar-refractivity contribution in [3.05, 3.63) is 46.4 Å². The number of nitrogens with one attached hydrogen (secondary N) is 1. The Hall–Kier alpha value is -1.23. The Bertz CT molecular complexity index is 757. The smallest absolute Gasteiger partial charge is 0.262 e. The summed E-state index contributed by atoms with van der Waals surface area (Å²) in [5, 5.41) is 0.813. The van der Waals surface area contributed by atoms with Crippen LogP contribution in [0.5, 0.6) is 0 Å². The summed E-state index contributed by atoms with van der Waals surface area (Å²) in [6.07, 6.45) is 0. The summed E-state index contributed by atoms with van der Waals surface area (Å²) >= 11 is 12.0. The Morgan fingerprint density at radius 2 is 1.78 bits per heavy atom. The van der Waals surface area contributed by atoms with E-state index in [9.17, 15) is 8.42 Å². The van der Waals surface area contributed by atoms with E-state index in [1.54, 1.807) is 36.4 Å². The van der Waals surface area contributed by atoms with E-state index in [2.05, 4.69) is 4.72 Å². The van der Waals surface area contributed by atoms with Crippen molar-refractivity contribution in [3.8, 4) is 11.1 Å². The molecule has 0 radical (unpaired) electrons. The van der Waals surface area contributed by atoms with Gasteiger partial charge in [-0.2, -0.15) is 0 Å². The quantitative estimate of drug-likeness (QED) is 0.805. The number of hydrogen-bond donors (Lipinski definition) is 1. The molecule has 0 aliphatic carbocycles. The van der Waals surface area contributed by atoms with Gasteiger partial charge in [0.1, 0.15) is 0 Å². The molecule has 2 aromatic carbocycles. The average Bonchev–Trinajstić information content (AvgIpc) is 2.27. The third kappa shape index (κ3) is 1.68. The van der Waals surface area contributed by atoms with Crippen LogP contribution in [0, 0.1) is 0 Å². The molecule has 0 aromatic heterocycles. The minimum absolute atomic E-state index is 0.224. The second kappa shape index (κ2) is 3.88. The fourth-order valence-corrected chi connectivity index (χ4v) is 3.91. The Morgan fingerprint density at radius 1 is 1.06 bits per heavy atom. The number of rotatable bonds is 0. The van der Waals surface area contributed by atoms with Crippen LogP contribution < -0.4 is 4.72 Å². The molecule has 0 saturated carbocycles. The summed E-state index contributed by atoms with van der Waals surface area (Å²) in [4.78, 5) is 0.224. The van der Waals surface area contributed by atoms with Gasteiger partial charge >= 0.3 is 0 Å². The molecule has 0 atom stereocenters. The Labute approximate surface area is 114 Å². The van der Waals surface area contributed by atoms with E-state index in [0.29, 0.717) is 26.9 Å². The maximum Gasteiger partial charge on any atom is 0.262 e. The molecule has 1 aliphatic heterocycles. The summed E-state index contributed by atoms with van der Waals surface area (Å²) in [6, 6.07) is 9.87. The van der Waals surface area contributed by atoms with Gasteiger partial charge in [-0.25, -0.2) is 8.42 Å². The van der Waals surface area contributed by atoms with Gasteiger partial charge in [0.25, 0.3) is 10.0 Å². The summed E-state index contributed by atoms with van der Waals surface area (Å²) in [6.45, 7) is 0. The molecule has 1 N–H and O–H groups in total. The van der Waals surface area contributed by atoms with E-state index >= 15 is 0 Å². The summed E-state index contributed by atoms with van der Waals surface area (Å²) < 4.78 is 26.6. The van der Waals surface area contributed by atoms with E-state index in [0.717, 1.165) is 0 Å². The van der Waals surface area contributed by atoms with Gasteiger partial charge in [-0.3, -0.25) is 4.72 Å². The van der Waals surface area contributed by atoms with Gasteiger partial charge < -0.3 is 0 Å². The van der Waals surface area contributed by atoms with Crippen LogP contribution in [-0.2, 0) is 10.0 Å². The van der Waals surface area contributed by atoms with E-state index in [-0.39, 0.29) is 4.90 Å². The van der Waals surface area contributed by atoms with Crippen LogP contribution in [0.3, 0.4) is 0 Å². The number of anilines is 1. The van der Waals surface area contributed by atoms with Crippen LogP contribution in [0.15, 0.2) is 41.3 Å². The van der Waals surface area contributed by atoms with Crippen LogP contribution in [0.2, 0.25) is 10.0 Å². The van der Waals surface area contributed by atoms with E-state index < -0.39 is 10.0 Å². The molecule has 2 aromatic rings. The minimum atomic E-state index is -3.56. The van der Waals surface area contributed by atoms with E-state index in [1.807, 2.05) is 0 Å². The van der Waals surface area contributed by atoms with Crippen molar-refractivity contribution in [2.24, 2.45) is 0 Å². The number of halogens is 2. The van der Waals surface area contributed by atoms with Gasteiger partial charge in [0.05, 0.1) is 15.6 Å². The molecule has 18 heavy (non-hydrogen) atoms. The van der Waals surface area contributed by atoms with Gasteiger partial charge in [0, 0.05) is 16.1 Å². The molecule has 3 rings (SSSR count). The Balaban J connectivity index is 2.44. The highest BCUT2D eigenvalue weighted by molar-refractivity contribution is 7.93. The second-order valence-electron chi connectivity index (χ2n) is 3.91. The number of hydrogen-bond acceptors (Lipinski definition) is 2. The third-order valence-corrected chi connectivity index (χ3v) is 4.69. The molecule has 1 heterocycles. The van der Waals surface area contributed by atoms with Crippen molar-refractivity contribution >= 4 is 38.9 Å². The molecule has 1 aliphatic rings. The first-order valence-corrected chi connectivity index (χ1v) is 7.34. The van der Waals surface area contributed by atoms with Crippen LogP contribution in [-0.4, -0.2) is 8.42 Å². The molecule has 0 saturated heterocycles. The van der Waals surface area contributed by atoms with Gasteiger partial charge in [-0.1, -0.05) is 41.4 Å². The highest BCUT2D eigenvalue weighted by atomic mass is 35.5. The standard InChI is InChI=1S/C12H7Cl2NO2S/c13-7-5-9(14)12-8-3-1-2-4-11(8)18(16,17)15-10(12)6-7/h1-6,15H. The maximum absolute atomic E-state index is 12.1. The molecule has 3 nitrogen and oxygen atoms in total. The zero-order valence-electron chi connectivity index (χ0n) is 8.94. The molecule has 0 unspecified atom stereocenters. The largest absolute Gasteiger partial charge is 0.279 e. The van der Waals surface area contributed by atoms with Crippen LogP contribution in [0.25, 0.3) is 11.1 Å². The molecule has 92 valence electrons. The lowest BCUT2D eigenvalue weighted by Crippen LogP contribution is -2.18. The van der Waals surface area contributed by atoms with Crippen molar-refractivity contribution < 1.29 is 8.42 Å². The average molecular weight is 300 g/mol.